The van der Waals surface area contributed by atoms with Crippen molar-refractivity contribution in [3.05, 3.63) is 57.8 Å². The van der Waals surface area contributed by atoms with Gasteiger partial charge in [-0.15, -0.1) is 0 Å². The summed E-state index contributed by atoms with van der Waals surface area (Å²) in [6, 6.07) is 5.70. The Hall–Kier alpha value is -2.11. The molecule has 2 rings (SSSR count). The second-order valence-electron chi connectivity index (χ2n) is 3.80. The molecule has 0 saturated heterocycles. The number of nitrogens with zero attached hydrogens (tertiary/aromatic N) is 1. The molecule has 5 nitrogen and oxygen atoms in total. The molecule has 7 heteroatoms. The Morgan fingerprint density at radius 2 is 1.90 bits per heavy atom. The van der Waals surface area contributed by atoms with Crippen molar-refractivity contribution in [2.75, 3.05) is 5.32 Å². The van der Waals surface area contributed by atoms with E-state index in [0.29, 0.717) is 5.02 Å². The molecule has 1 amide bonds. The molecule has 2 aromatic rings. The van der Waals surface area contributed by atoms with Gasteiger partial charge < -0.3 is 10.4 Å². The largest absolute Gasteiger partial charge is 0.478 e. The standard InChI is InChI=1S/C13H8Cl2N2O3/c14-7-1-2-8(10(15)5-7)12(18)17-11-6-16-4-3-9(11)13(19)20/h1-6H,(H,17,18)(H,19,20). The minimum absolute atomic E-state index is 0.0570. The van der Waals surface area contributed by atoms with Gasteiger partial charge in [0, 0.05) is 11.2 Å². The van der Waals surface area contributed by atoms with Crippen LogP contribution in [0.5, 0.6) is 0 Å². The van der Waals surface area contributed by atoms with E-state index in [4.69, 9.17) is 28.3 Å². The van der Waals surface area contributed by atoms with E-state index in [1.54, 1.807) is 0 Å². The SMILES string of the molecule is O=C(Nc1cnccc1C(=O)O)c1ccc(Cl)cc1Cl. The molecule has 0 aliphatic heterocycles. The van der Waals surface area contributed by atoms with E-state index in [2.05, 4.69) is 10.3 Å². The quantitative estimate of drug-likeness (QED) is 0.911. The highest BCUT2D eigenvalue weighted by Gasteiger charge is 2.15. The number of carbonyl (C=O) groups excluding carboxylic acids is 1. The molecule has 1 heterocycles. The number of carboxylic acids is 1. The van der Waals surface area contributed by atoms with Crippen LogP contribution >= 0.6 is 23.2 Å². The number of rotatable bonds is 3. The summed E-state index contributed by atoms with van der Waals surface area (Å²) in [6.45, 7) is 0. The number of aromatic carboxylic acids is 1. The Morgan fingerprint density at radius 1 is 1.15 bits per heavy atom. The van der Waals surface area contributed by atoms with Gasteiger partial charge in [-0.25, -0.2) is 4.79 Å². The van der Waals surface area contributed by atoms with Crippen molar-refractivity contribution >= 4 is 40.8 Å². The number of benzene rings is 1. The summed E-state index contributed by atoms with van der Waals surface area (Å²) in [5.41, 5.74) is 0.228. The zero-order chi connectivity index (χ0) is 14.7. The lowest BCUT2D eigenvalue weighted by Gasteiger charge is -2.09. The van der Waals surface area contributed by atoms with Crippen LogP contribution in [0.15, 0.2) is 36.7 Å². The highest BCUT2D eigenvalue weighted by atomic mass is 35.5. The van der Waals surface area contributed by atoms with Crippen LogP contribution < -0.4 is 5.32 Å². The number of amides is 1. The van der Waals surface area contributed by atoms with E-state index in [1.807, 2.05) is 0 Å². The Bertz CT molecular complexity index is 689. The number of carboxylic acid groups (broad SMARTS) is 1. The molecule has 102 valence electrons. The maximum absolute atomic E-state index is 12.1. The Kier molecular flexibility index (Phi) is 4.22. The van der Waals surface area contributed by atoms with Crippen LogP contribution in [0.4, 0.5) is 5.69 Å². The van der Waals surface area contributed by atoms with Gasteiger partial charge in [-0.1, -0.05) is 23.2 Å². The molecule has 0 saturated carbocycles. The zero-order valence-corrected chi connectivity index (χ0v) is 11.4. The van der Waals surface area contributed by atoms with Crippen molar-refractivity contribution in [3.63, 3.8) is 0 Å². The van der Waals surface area contributed by atoms with Crippen molar-refractivity contribution in [1.82, 2.24) is 4.98 Å². The molecule has 0 atom stereocenters. The van der Waals surface area contributed by atoms with Crippen LogP contribution in [0.25, 0.3) is 0 Å². The van der Waals surface area contributed by atoms with Crippen LogP contribution in [0.1, 0.15) is 20.7 Å². The lowest BCUT2D eigenvalue weighted by molar-refractivity contribution is 0.0698. The maximum atomic E-state index is 12.1. The van der Waals surface area contributed by atoms with Gasteiger partial charge in [0.25, 0.3) is 5.91 Å². The first-order chi connectivity index (χ1) is 9.49. The highest BCUT2D eigenvalue weighted by Crippen LogP contribution is 2.22. The van der Waals surface area contributed by atoms with E-state index >= 15 is 0 Å². The molecular formula is C13H8Cl2N2O3. The van der Waals surface area contributed by atoms with Crippen molar-refractivity contribution < 1.29 is 14.7 Å². The lowest BCUT2D eigenvalue weighted by atomic mass is 10.2. The number of halogens is 2. The molecule has 0 fully saturated rings. The molecule has 20 heavy (non-hydrogen) atoms. The lowest BCUT2D eigenvalue weighted by Crippen LogP contribution is -2.15. The van der Waals surface area contributed by atoms with Crippen molar-refractivity contribution in [1.29, 1.82) is 0 Å². The number of pyridine rings is 1. The fourth-order valence-electron chi connectivity index (χ4n) is 1.54. The number of carbonyl (C=O) groups is 2. The van der Waals surface area contributed by atoms with Gasteiger partial charge in [-0.2, -0.15) is 0 Å². The van der Waals surface area contributed by atoms with E-state index in [-0.39, 0.29) is 21.8 Å². The first-order valence-corrected chi connectivity index (χ1v) is 6.18. The van der Waals surface area contributed by atoms with E-state index < -0.39 is 11.9 Å². The Labute approximate surface area is 124 Å². The summed E-state index contributed by atoms with van der Waals surface area (Å²) >= 11 is 11.7. The molecule has 0 unspecified atom stereocenters. The summed E-state index contributed by atoms with van der Waals surface area (Å²) in [5.74, 6) is -1.70. The molecule has 1 aromatic carbocycles. The smallest absolute Gasteiger partial charge is 0.337 e. The molecule has 0 radical (unpaired) electrons. The summed E-state index contributed by atoms with van der Waals surface area (Å²) in [5, 5.41) is 12.1. The second-order valence-corrected chi connectivity index (χ2v) is 4.65. The van der Waals surface area contributed by atoms with Gasteiger partial charge in [0.2, 0.25) is 0 Å². The average Bonchev–Trinajstić information content (AvgIpc) is 2.38. The maximum Gasteiger partial charge on any atom is 0.337 e. The molecule has 0 aliphatic carbocycles. The summed E-state index contributed by atoms with van der Waals surface area (Å²) in [6.07, 6.45) is 2.58. The Balaban J connectivity index is 2.30. The van der Waals surface area contributed by atoms with Gasteiger partial charge in [0.05, 0.1) is 28.0 Å². The monoisotopic (exact) mass is 310 g/mol. The second kappa shape index (κ2) is 5.90. The van der Waals surface area contributed by atoms with Crippen molar-refractivity contribution in [2.24, 2.45) is 0 Å². The van der Waals surface area contributed by atoms with Gasteiger partial charge in [-0.05, 0) is 24.3 Å². The summed E-state index contributed by atoms with van der Waals surface area (Å²) < 4.78 is 0. The van der Waals surface area contributed by atoms with E-state index in [9.17, 15) is 9.59 Å². The van der Waals surface area contributed by atoms with Crippen molar-refractivity contribution in [2.45, 2.75) is 0 Å². The number of hydrogen-bond donors (Lipinski definition) is 2. The third-order valence-electron chi connectivity index (χ3n) is 2.48. The molecule has 0 aliphatic rings. The molecule has 0 bridgehead atoms. The minimum atomic E-state index is -1.16. The van der Waals surface area contributed by atoms with Crippen LogP contribution in [0, 0.1) is 0 Å². The summed E-state index contributed by atoms with van der Waals surface area (Å²) in [7, 11) is 0. The molecule has 0 spiro atoms. The minimum Gasteiger partial charge on any atom is -0.478 e. The van der Waals surface area contributed by atoms with Crippen LogP contribution in [-0.4, -0.2) is 22.0 Å². The Morgan fingerprint density at radius 3 is 2.55 bits per heavy atom. The first-order valence-electron chi connectivity index (χ1n) is 5.42. The normalized spacial score (nSPS) is 10.1. The van der Waals surface area contributed by atoms with Gasteiger partial charge in [-0.3, -0.25) is 9.78 Å². The topological polar surface area (TPSA) is 79.3 Å². The number of anilines is 1. The zero-order valence-electron chi connectivity index (χ0n) is 9.93. The van der Waals surface area contributed by atoms with Gasteiger partial charge in [0.1, 0.15) is 0 Å². The van der Waals surface area contributed by atoms with Gasteiger partial charge in [0.15, 0.2) is 0 Å². The predicted molar refractivity (Wildman–Crippen MR) is 75.6 cm³/mol. The molecule has 1 aromatic heterocycles. The van der Waals surface area contributed by atoms with Crippen LogP contribution in [-0.2, 0) is 0 Å². The number of hydrogen-bond acceptors (Lipinski definition) is 3. The van der Waals surface area contributed by atoms with Crippen LogP contribution in [0.2, 0.25) is 10.0 Å². The van der Waals surface area contributed by atoms with Crippen molar-refractivity contribution in [3.8, 4) is 0 Å². The number of aromatic nitrogens is 1. The highest BCUT2D eigenvalue weighted by molar-refractivity contribution is 6.37. The first kappa shape index (κ1) is 14.3. The van der Waals surface area contributed by atoms with Crippen LogP contribution in [0.3, 0.4) is 0 Å². The third-order valence-corrected chi connectivity index (χ3v) is 3.02. The fourth-order valence-corrected chi connectivity index (χ4v) is 2.04. The third kappa shape index (κ3) is 3.07. The molecular weight excluding hydrogens is 303 g/mol. The summed E-state index contributed by atoms with van der Waals surface area (Å²) in [4.78, 5) is 26.9. The molecule has 2 N–H and O–H groups in total. The number of nitrogens with one attached hydrogen (secondary N) is 1. The van der Waals surface area contributed by atoms with Gasteiger partial charge >= 0.3 is 5.97 Å². The predicted octanol–water partition coefficient (Wildman–Crippen LogP) is 3.34. The van der Waals surface area contributed by atoms with E-state index in [1.165, 1.54) is 36.7 Å². The fraction of sp³-hybridized carbons (Fsp3) is 0. The average molecular weight is 311 g/mol. The van der Waals surface area contributed by atoms with E-state index in [0.717, 1.165) is 0 Å².